The van der Waals surface area contributed by atoms with E-state index in [2.05, 4.69) is 4.99 Å². The maximum absolute atomic E-state index is 13.0. The molecule has 2 aliphatic heterocycles. The number of amides is 1. The molecule has 27 heavy (non-hydrogen) atoms. The zero-order chi connectivity index (χ0) is 19.7. The number of halogens is 1. The fraction of sp³-hybridized carbons (Fsp3) is 0.450. The lowest BCUT2D eigenvalue weighted by molar-refractivity contribution is -0.141. The summed E-state index contributed by atoms with van der Waals surface area (Å²) in [6.07, 6.45) is 0.707. The number of hydrogen-bond acceptors (Lipinski definition) is 5. The zero-order valence-electron chi connectivity index (χ0n) is 15.9. The molecule has 7 heteroatoms. The minimum Gasteiger partial charge on any atom is -0.462 e. The number of thioether (sulfide) groups is 1. The Hall–Kier alpha value is -1.79. The molecule has 2 heterocycles. The summed E-state index contributed by atoms with van der Waals surface area (Å²) in [5, 5.41) is 1.06. The minimum atomic E-state index is -0.550. The quantitative estimate of drug-likeness (QED) is 0.671. The van der Waals surface area contributed by atoms with Crippen LogP contribution in [0, 0.1) is 5.92 Å². The second-order valence-corrected chi connectivity index (χ2v) is 8.67. The molecular weight excluding hydrogens is 384 g/mol. The summed E-state index contributed by atoms with van der Waals surface area (Å²) in [5.41, 5.74) is 1.81. The third-order valence-electron chi connectivity index (χ3n) is 4.48. The van der Waals surface area contributed by atoms with Crippen LogP contribution in [0.5, 0.6) is 0 Å². The number of esters is 1. The van der Waals surface area contributed by atoms with E-state index >= 15 is 0 Å². The number of ether oxygens (including phenoxy) is 1. The average molecular weight is 407 g/mol. The molecule has 0 N–H and O–H groups in total. The first-order valence-electron chi connectivity index (χ1n) is 9.05. The SMILES string of the molecule is CC[C@H]1SC2=NC(C)=C(C(=O)OCC(C)C)[C@@H](c3ccc(Cl)cc3)N2C1=O. The van der Waals surface area contributed by atoms with Crippen LogP contribution in [0.4, 0.5) is 0 Å². The van der Waals surface area contributed by atoms with Gasteiger partial charge >= 0.3 is 5.97 Å². The van der Waals surface area contributed by atoms with Crippen molar-refractivity contribution < 1.29 is 14.3 Å². The lowest BCUT2D eigenvalue weighted by atomic mass is 9.94. The molecule has 0 saturated carbocycles. The zero-order valence-corrected chi connectivity index (χ0v) is 17.4. The van der Waals surface area contributed by atoms with Crippen molar-refractivity contribution in [1.29, 1.82) is 0 Å². The van der Waals surface area contributed by atoms with Gasteiger partial charge in [0.15, 0.2) is 5.17 Å². The summed E-state index contributed by atoms with van der Waals surface area (Å²) in [6.45, 7) is 8.05. The Kier molecular flexibility index (Phi) is 5.96. The van der Waals surface area contributed by atoms with E-state index in [1.165, 1.54) is 11.8 Å². The maximum Gasteiger partial charge on any atom is 0.338 e. The second-order valence-electron chi connectivity index (χ2n) is 7.06. The summed E-state index contributed by atoms with van der Waals surface area (Å²) in [6, 6.07) is 6.66. The van der Waals surface area contributed by atoms with Crippen LogP contribution in [0.3, 0.4) is 0 Å². The molecular formula is C20H23ClN2O3S. The number of rotatable bonds is 5. The molecule has 5 nitrogen and oxygen atoms in total. The fourth-order valence-electron chi connectivity index (χ4n) is 3.13. The normalized spacial score (nSPS) is 22.2. The number of fused-ring (bicyclic) bond motifs is 1. The molecule has 0 bridgehead atoms. The topological polar surface area (TPSA) is 59.0 Å². The van der Waals surface area contributed by atoms with Crippen LogP contribution < -0.4 is 0 Å². The molecule has 144 valence electrons. The predicted octanol–water partition coefficient (Wildman–Crippen LogP) is 4.58. The number of aliphatic imine (C=N–C) groups is 1. The Morgan fingerprint density at radius 3 is 2.59 bits per heavy atom. The average Bonchev–Trinajstić information content (AvgIpc) is 2.94. The molecule has 1 saturated heterocycles. The Labute approximate surface area is 168 Å². The number of amidine groups is 1. The minimum absolute atomic E-state index is 0.0251. The monoisotopic (exact) mass is 406 g/mol. The van der Waals surface area contributed by atoms with Crippen molar-refractivity contribution >= 4 is 40.4 Å². The highest BCUT2D eigenvalue weighted by Crippen LogP contribution is 2.44. The van der Waals surface area contributed by atoms with Crippen molar-refractivity contribution in [2.24, 2.45) is 10.9 Å². The number of hydrogen-bond donors (Lipinski definition) is 0. The van der Waals surface area contributed by atoms with Gasteiger partial charge in [0.1, 0.15) is 0 Å². The van der Waals surface area contributed by atoms with E-state index in [0.29, 0.717) is 34.5 Å². The van der Waals surface area contributed by atoms with Gasteiger partial charge in [-0.25, -0.2) is 9.79 Å². The van der Waals surface area contributed by atoms with Crippen LogP contribution in [-0.2, 0) is 14.3 Å². The van der Waals surface area contributed by atoms with Crippen LogP contribution in [0.15, 0.2) is 40.5 Å². The van der Waals surface area contributed by atoms with Gasteiger partial charge in [-0.2, -0.15) is 0 Å². The molecule has 0 spiro atoms. The highest BCUT2D eigenvalue weighted by Gasteiger charge is 2.47. The van der Waals surface area contributed by atoms with E-state index < -0.39 is 12.0 Å². The standard InChI is InChI=1S/C20H23ClN2O3S/c1-5-15-18(24)23-17(13-6-8-14(21)9-7-13)16(12(4)22-20(23)27-15)19(25)26-10-11(2)3/h6-9,11,15,17H,5,10H2,1-4H3/t15-,17-/m1/s1. The lowest BCUT2D eigenvalue weighted by Crippen LogP contribution is -2.40. The number of benzene rings is 1. The van der Waals surface area contributed by atoms with Gasteiger partial charge in [-0.05, 0) is 37.0 Å². The highest BCUT2D eigenvalue weighted by atomic mass is 35.5. The van der Waals surface area contributed by atoms with Gasteiger partial charge < -0.3 is 4.74 Å². The number of nitrogens with zero attached hydrogens (tertiary/aromatic N) is 2. The van der Waals surface area contributed by atoms with E-state index in [1.54, 1.807) is 24.0 Å². The van der Waals surface area contributed by atoms with Crippen molar-refractivity contribution in [2.75, 3.05) is 6.61 Å². The first kappa shape index (κ1) is 20.0. The Morgan fingerprint density at radius 1 is 1.33 bits per heavy atom. The summed E-state index contributed by atoms with van der Waals surface area (Å²) < 4.78 is 5.49. The van der Waals surface area contributed by atoms with Gasteiger partial charge in [0.25, 0.3) is 0 Å². The third kappa shape index (κ3) is 3.92. The first-order valence-corrected chi connectivity index (χ1v) is 10.3. The smallest absolute Gasteiger partial charge is 0.338 e. The van der Waals surface area contributed by atoms with Crippen LogP contribution >= 0.6 is 23.4 Å². The van der Waals surface area contributed by atoms with E-state index in [0.717, 1.165) is 5.56 Å². The molecule has 1 aromatic carbocycles. The lowest BCUT2D eigenvalue weighted by Gasteiger charge is -2.33. The largest absolute Gasteiger partial charge is 0.462 e. The Morgan fingerprint density at radius 2 is 2.00 bits per heavy atom. The van der Waals surface area contributed by atoms with Gasteiger partial charge in [-0.1, -0.05) is 56.3 Å². The van der Waals surface area contributed by atoms with Crippen molar-refractivity contribution in [1.82, 2.24) is 4.90 Å². The molecule has 0 aliphatic carbocycles. The Balaban J connectivity index is 2.06. The molecule has 1 amide bonds. The molecule has 0 radical (unpaired) electrons. The van der Waals surface area contributed by atoms with Gasteiger partial charge in [0, 0.05) is 5.02 Å². The van der Waals surface area contributed by atoms with Crippen molar-refractivity contribution in [3.05, 3.63) is 46.1 Å². The van der Waals surface area contributed by atoms with Gasteiger partial charge in [0.05, 0.1) is 29.2 Å². The van der Waals surface area contributed by atoms with Gasteiger partial charge in [0.2, 0.25) is 5.91 Å². The van der Waals surface area contributed by atoms with E-state index in [9.17, 15) is 9.59 Å². The number of carbonyl (C=O) groups excluding carboxylic acids is 2. The number of carbonyl (C=O) groups is 2. The van der Waals surface area contributed by atoms with Gasteiger partial charge in [-0.15, -0.1) is 0 Å². The van der Waals surface area contributed by atoms with Crippen molar-refractivity contribution in [3.8, 4) is 0 Å². The van der Waals surface area contributed by atoms with Crippen LogP contribution in [0.25, 0.3) is 0 Å². The molecule has 3 rings (SSSR count). The predicted molar refractivity (Wildman–Crippen MR) is 109 cm³/mol. The van der Waals surface area contributed by atoms with Crippen LogP contribution in [0.2, 0.25) is 5.02 Å². The summed E-state index contributed by atoms with van der Waals surface area (Å²) >= 11 is 7.49. The molecule has 0 unspecified atom stereocenters. The van der Waals surface area contributed by atoms with Gasteiger partial charge in [-0.3, -0.25) is 9.69 Å². The van der Waals surface area contributed by atoms with E-state index in [4.69, 9.17) is 16.3 Å². The second kappa shape index (κ2) is 8.07. The highest BCUT2D eigenvalue weighted by molar-refractivity contribution is 8.15. The molecule has 0 aromatic heterocycles. The molecule has 1 fully saturated rings. The first-order chi connectivity index (χ1) is 12.8. The van der Waals surface area contributed by atoms with E-state index in [-0.39, 0.29) is 17.1 Å². The van der Waals surface area contributed by atoms with E-state index in [1.807, 2.05) is 32.9 Å². The van der Waals surface area contributed by atoms with Crippen molar-refractivity contribution in [2.45, 2.75) is 45.4 Å². The molecule has 1 aromatic rings. The molecule has 2 atom stereocenters. The number of allylic oxidation sites excluding steroid dienone is 1. The van der Waals surface area contributed by atoms with Crippen LogP contribution in [0.1, 0.15) is 45.7 Å². The summed E-state index contributed by atoms with van der Waals surface area (Å²) in [5.74, 6) is -0.232. The summed E-state index contributed by atoms with van der Waals surface area (Å²) in [7, 11) is 0. The Bertz CT molecular complexity index is 817. The molecule has 2 aliphatic rings. The maximum atomic E-state index is 13.0. The fourth-order valence-corrected chi connectivity index (χ4v) is 4.39. The summed E-state index contributed by atoms with van der Waals surface area (Å²) in [4.78, 5) is 32.1. The van der Waals surface area contributed by atoms with Crippen molar-refractivity contribution in [3.63, 3.8) is 0 Å². The third-order valence-corrected chi connectivity index (χ3v) is 6.05. The van der Waals surface area contributed by atoms with Crippen LogP contribution in [-0.4, -0.2) is 33.8 Å².